The fraction of sp³-hybridized carbons (Fsp3) is 0.263. The summed E-state index contributed by atoms with van der Waals surface area (Å²) >= 11 is 0. The van der Waals surface area contributed by atoms with Gasteiger partial charge in [0.25, 0.3) is 0 Å². The van der Waals surface area contributed by atoms with Crippen LogP contribution in [0, 0.1) is 13.8 Å². The minimum atomic E-state index is -5.05. The molecule has 2 amide bonds. The molecule has 144 valence electrons. The fourth-order valence-corrected chi connectivity index (χ4v) is 2.43. The van der Waals surface area contributed by atoms with E-state index in [-0.39, 0.29) is 0 Å². The minimum Gasteiger partial charge on any atom is -0.375 e. The zero-order valence-electron chi connectivity index (χ0n) is 14.7. The van der Waals surface area contributed by atoms with Crippen LogP contribution < -0.4 is 10.6 Å². The molecule has 1 atom stereocenters. The summed E-state index contributed by atoms with van der Waals surface area (Å²) < 4.78 is 40.2. The van der Waals surface area contributed by atoms with Crippen molar-refractivity contribution in [1.29, 1.82) is 0 Å². The van der Waals surface area contributed by atoms with Gasteiger partial charge in [-0.15, -0.1) is 0 Å². The molecular weight excluding hydrogens is 361 g/mol. The first-order chi connectivity index (χ1) is 12.6. The number of amides is 2. The molecule has 27 heavy (non-hydrogen) atoms. The molecule has 0 saturated heterocycles. The Morgan fingerprint density at radius 2 is 1.59 bits per heavy atom. The SMILES string of the molecule is Cc1cccc(NC(=O)C(=O)NCC(O)(c2ccccc2)C(F)(F)F)c1C. The summed E-state index contributed by atoms with van der Waals surface area (Å²) in [5, 5.41) is 14.4. The van der Waals surface area contributed by atoms with Crippen molar-refractivity contribution in [3.63, 3.8) is 0 Å². The van der Waals surface area contributed by atoms with Crippen molar-refractivity contribution in [2.75, 3.05) is 11.9 Å². The molecule has 1 unspecified atom stereocenters. The topological polar surface area (TPSA) is 78.4 Å². The molecule has 0 aliphatic carbocycles. The van der Waals surface area contributed by atoms with Crippen molar-refractivity contribution in [3.05, 3.63) is 65.2 Å². The number of rotatable bonds is 4. The molecule has 2 aromatic rings. The Morgan fingerprint density at radius 1 is 0.963 bits per heavy atom. The number of carbonyl (C=O) groups is 2. The quantitative estimate of drug-likeness (QED) is 0.714. The second-order valence-corrected chi connectivity index (χ2v) is 6.11. The van der Waals surface area contributed by atoms with Gasteiger partial charge in [-0.3, -0.25) is 9.59 Å². The number of anilines is 1. The van der Waals surface area contributed by atoms with E-state index in [1.165, 1.54) is 18.2 Å². The van der Waals surface area contributed by atoms with Gasteiger partial charge in [0.2, 0.25) is 5.60 Å². The van der Waals surface area contributed by atoms with Crippen molar-refractivity contribution >= 4 is 17.5 Å². The number of benzene rings is 2. The van der Waals surface area contributed by atoms with Gasteiger partial charge in [0.05, 0.1) is 6.54 Å². The molecule has 0 bridgehead atoms. The Kier molecular flexibility index (Phi) is 5.90. The zero-order valence-corrected chi connectivity index (χ0v) is 14.7. The summed E-state index contributed by atoms with van der Waals surface area (Å²) in [5.74, 6) is -2.41. The van der Waals surface area contributed by atoms with Gasteiger partial charge >= 0.3 is 18.0 Å². The second kappa shape index (κ2) is 7.79. The Bertz CT molecular complexity index is 838. The maximum atomic E-state index is 13.4. The molecule has 2 rings (SSSR count). The second-order valence-electron chi connectivity index (χ2n) is 6.11. The van der Waals surface area contributed by atoms with Crippen LogP contribution in [-0.4, -0.2) is 29.6 Å². The third-order valence-electron chi connectivity index (χ3n) is 4.28. The van der Waals surface area contributed by atoms with E-state index in [0.717, 1.165) is 23.3 Å². The number of hydrogen-bond donors (Lipinski definition) is 3. The zero-order chi connectivity index (χ0) is 20.2. The molecule has 0 heterocycles. The molecule has 5 nitrogen and oxygen atoms in total. The smallest absolute Gasteiger partial charge is 0.375 e. The number of carbonyl (C=O) groups excluding carboxylic acids is 2. The van der Waals surface area contributed by atoms with Crippen molar-refractivity contribution in [3.8, 4) is 0 Å². The molecule has 0 aliphatic heterocycles. The van der Waals surface area contributed by atoms with Gasteiger partial charge in [-0.1, -0.05) is 42.5 Å². The van der Waals surface area contributed by atoms with E-state index in [2.05, 4.69) is 5.32 Å². The van der Waals surface area contributed by atoms with Crippen LogP contribution in [0.4, 0.5) is 18.9 Å². The number of hydrogen-bond acceptors (Lipinski definition) is 3. The predicted molar refractivity (Wildman–Crippen MR) is 93.9 cm³/mol. The molecule has 0 spiro atoms. The third-order valence-corrected chi connectivity index (χ3v) is 4.28. The number of halogens is 3. The summed E-state index contributed by atoms with van der Waals surface area (Å²) in [6.07, 6.45) is -5.05. The van der Waals surface area contributed by atoms with Gasteiger partial charge in [-0.2, -0.15) is 13.2 Å². The van der Waals surface area contributed by atoms with Gasteiger partial charge in [-0.05, 0) is 36.6 Å². The van der Waals surface area contributed by atoms with E-state index >= 15 is 0 Å². The van der Waals surface area contributed by atoms with Crippen LogP contribution in [-0.2, 0) is 15.2 Å². The molecule has 0 aromatic heterocycles. The summed E-state index contributed by atoms with van der Waals surface area (Å²) in [6.45, 7) is 2.36. The summed E-state index contributed by atoms with van der Waals surface area (Å²) in [7, 11) is 0. The van der Waals surface area contributed by atoms with Gasteiger partial charge in [0, 0.05) is 5.69 Å². The molecular formula is C19H19F3N2O3. The van der Waals surface area contributed by atoms with Crippen molar-refractivity contribution in [1.82, 2.24) is 5.32 Å². The lowest BCUT2D eigenvalue weighted by Gasteiger charge is -2.31. The van der Waals surface area contributed by atoms with Crippen LogP contribution in [0.1, 0.15) is 16.7 Å². The largest absolute Gasteiger partial charge is 0.423 e. The Balaban J connectivity index is 2.12. The normalized spacial score (nSPS) is 13.6. The lowest BCUT2D eigenvalue weighted by molar-refractivity contribution is -0.264. The van der Waals surface area contributed by atoms with Gasteiger partial charge in [0.1, 0.15) is 0 Å². The van der Waals surface area contributed by atoms with Crippen LogP contribution >= 0.6 is 0 Å². The molecule has 0 saturated carbocycles. The van der Waals surface area contributed by atoms with Gasteiger partial charge < -0.3 is 15.7 Å². The molecule has 0 fully saturated rings. The summed E-state index contributed by atoms with van der Waals surface area (Å²) in [6, 6.07) is 11.4. The van der Waals surface area contributed by atoms with Gasteiger partial charge in [0.15, 0.2) is 0 Å². The predicted octanol–water partition coefficient (Wildman–Crippen LogP) is 2.81. The maximum absolute atomic E-state index is 13.4. The van der Waals surface area contributed by atoms with Crippen molar-refractivity contribution in [2.45, 2.75) is 25.6 Å². The Morgan fingerprint density at radius 3 is 2.19 bits per heavy atom. The first-order valence-corrected chi connectivity index (χ1v) is 8.06. The average Bonchev–Trinajstić information content (AvgIpc) is 2.62. The molecule has 0 radical (unpaired) electrons. The van der Waals surface area contributed by atoms with Crippen LogP contribution in [0.25, 0.3) is 0 Å². The van der Waals surface area contributed by atoms with E-state index in [4.69, 9.17) is 0 Å². The standard InChI is InChI=1S/C19H19F3N2O3/c1-12-7-6-10-15(13(12)2)24-17(26)16(25)23-11-18(27,19(20,21)22)14-8-4-3-5-9-14/h3-10,27H,11H2,1-2H3,(H,23,25)(H,24,26). The van der Waals surface area contributed by atoms with E-state index in [9.17, 15) is 27.9 Å². The van der Waals surface area contributed by atoms with E-state index in [0.29, 0.717) is 5.69 Å². The number of nitrogens with one attached hydrogen (secondary N) is 2. The van der Waals surface area contributed by atoms with E-state index < -0.39 is 35.7 Å². The lowest BCUT2D eigenvalue weighted by atomic mass is 9.93. The van der Waals surface area contributed by atoms with Gasteiger partial charge in [-0.25, -0.2) is 0 Å². The number of aliphatic hydroxyl groups is 1. The third kappa shape index (κ3) is 4.46. The van der Waals surface area contributed by atoms with Crippen LogP contribution in [0.2, 0.25) is 0 Å². The van der Waals surface area contributed by atoms with Crippen LogP contribution in [0.5, 0.6) is 0 Å². The Labute approximate surface area is 154 Å². The highest BCUT2D eigenvalue weighted by atomic mass is 19.4. The summed E-state index contributed by atoms with van der Waals surface area (Å²) in [5.41, 5.74) is -1.76. The van der Waals surface area contributed by atoms with Crippen molar-refractivity contribution in [2.24, 2.45) is 0 Å². The average molecular weight is 380 g/mol. The highest BCUT2D eigenvalue weighted by molar-refractivity contribution is 6.39. The maximum Gasteiger partial charge on any atom is 0.423 e. The highest BCUT2D eigenvalue weighted by Gasteiger charge is 2.55. The highest BCUT2D eigenvalue weighted by Crippen LogP contribution is 2.38. The number of alkyl halides is 3. The minimum absolute atomic E-state index is 0.379. The fourth-order valence-electron chi connectivity index (χ4n) is 2.43. The molecule has 0 aliphatic rings. The van der Waals surface area contributed by atoms with E-state index in [1.807, 2.05) is 18.3 Å². The monoisotopic (exact) mass is 380 g/mol. The summed E-state index contributed by atoms with van der Waals surface area (Å²) in [4.78, 5) is 23.9. The first kappa shape index (κ1) is 20.4. The van der Waals surface area contributed by atoms with E-state index in [1.54, 1.807) is 19.1 Å². The molecule has 3 N–H and O–H groups in total. The van der Waals surface area contributed by atoms with Crippen LogP contribution in [0.3, 0.4) is 0 Å². The molecule has 2 aromatic carbocycles. The number of aryl methyl sites for hydroxylation is 1. The molecule has 8 heteroatoms. The Hall–Kier alpha value is -2.87. The van der Waals surface area contributed by atoms with Crippen molar-refractivity contribution < 1.29 is 27.9 Å². The first-order valence-electron chi connectivity index (χ1n) is 8.06. The lowest BCUT2D eigenvalue weighted by Crippen LogP contribution is -2.52. The van der Waals surface area contributed by atoms with Crippen LogP contribution in [0.15, 0.2) is 48.5 Å².